The summed E-state index contributed by atoms with van der Waals surface area (Å²) in [5, 5.41) is 6.45. The lowest BCUT2D eigenvalue weighted by Crippen LogP contribution is -2.17. The summed E-state index contributed by atoms with van der Waals surface area (Å²) in [5.74, 6) is -0.443. The summed E-state index contributed by atoms with van der Waals surface area (Å²) in [6, 6.07) is 5.18. The Bertz CT molecular complexity index is 684. The highest BCUT2D eigenvalue weighted by molar-refractivity contribution is 6.09. The fourth-order valence-electron chi connectivity index (χ4n) is 2.14. The molecular weight excluding hydrogens is 272 g/mol. The van der Waals surface area contributed by atoms with E-state index in [1.54, 1.807) is 39.0 Å². The van der Waals surface area contributed by atoms with Crippen LogP contribution in [0.5, 0.6) is 0 Å². The highest BCUT2D eigenvalue weighted by atomic mass is 16.5. The Balaban J connectivity index is 2.39. The molecule has 6 heteroatoms. The van der Waals surface area contributed by atoms with E-state index in [4.69, 9.17) is 9.26 Å². The number of aryl methyl sites for hydroxylation is 3. The number of benzene rings is 1. The van der Waals surface area contributed by atoms with Crippen LogP contribution < -0.4 is 5.32 Å². The van der Waals surface area contributed by atoms with E-state index in [0.717, 1.165) is 5.56 Å². The summed E-state index contributed by atoms with van der Waals surface area (Å²) in [4.78, 5) is 24.2. The molecule has 0 aliphatic heterocycles. The first-order valence-electron chi connectivity index (χ1n) is 6.37. The number of hydrogen-bond donors (Lipinski definition) is 1. The normalized spacial score (nSPS) is 10.3. The van der Waals surface area contributed by atoms with Crippen molar-refractivity contribution in [3.8, 4) is 0 Å². The molecule has 0 bridgehead atoms. The van der Waals surface area contributed by atoms with Crippen LogP contribution >= 0.6 is 0 Å². The number of ether oxygens (including phenoxy) is 1. The molecule has 0 radical (unpaired) electrons. The summed E-state index contributed by atoms with van der Waals surface area (Å²) in [6.07, 6.45) is 0. The average molecular weight is 288 g/mol. The van der Waals surface area contributed by atoms with Crippen molar-refractivity contribution in [3.63, 3.8) is 0 Å². The molecule has 0 aliphatic rings. The molecule has 0 aliphatic carbocycles. The zero-order valence-corrected chi connectivity index (χ0v) is 12.3. The number of carbonyl (C=O) groups excluding carboxylic acids is 2. The maximum Gasteiger partial charge on any atom is 0.340 e. The molecule has 0 fully saturated rings. The third kappa shape index (κ3) is 2.79. The molecule has 0 saturated carbocycles. The number of methoxy groups -OCH3 is 1. The van der Waals surface area contributed by atoms with Gasteiger partial charge in [0.2, 0.25) is 0 Å². The second-order valence-corrected chi connectivity index (χ2v) is 4.64. The van der Waals surface area contributed by atoms with Gasteiger partial charge in [0.1, 0.15) is 11.3 Å². The van der Waals surface area contributed by atoms with Crippen molar-refractivity contribution >= 4 is 17.6 Å². The molecule has 2 aromatic rings. The van der Waals surface area contributed by atoms with Crippen LogP contribution in [-0.2, 0) is 4.74 Å². The van der Waals surface area contributed by atoms with Crippen LogP contribution in [0.2, 0.25) is 0 Å². The maximum atomic E-state index is 12.3. The van der Waals surface area contributed by atoms with Gasteiger partial charge in [-0.15, -0.1) is 0 Å². The number of nitrogens with one attached hydrogen (secondary N) is 1. The van der Waals surface area contributed by atoms with E-state index in [1.165, 1.54) is 7.11 Å². The second-order valence-electron chi connectivity index (χ2n) is 4.64. The van der Waals surface area contributed by atoms with Gasteiger partial charge in [-0.3, -0.25) is 4.79 Å². The molecule has 1 aromatic carbocycles. The van der Waals surface area contributed by atoms with Crippen LogP contribution in [0.3, 0.4) is 0 Å². The van der Waals surface area contributed by atoms with E-state index in [0.29, 0.717) is 28.3 Å². The molecule has 2 rings (SSSR count). The summed E-state index contributed by atoms with van der Waals surface area (Å²) >= 11 is 0. The van der Waals surface area contributed by atoms with Crippen molar-refractivity contribution in [3.05, 3.63) is 46.3 Å². The Morgan fingerprint density at radius 2 is 1.90 bits per heavy atom. The number of anilines is 1. The molecular formula is C15H16N2O4. The minimum absolute atomic E-state index is 0.333. The SMILES string of the molecule is COC(=O)c1c(C)cccc1NC(=O)c1c(C)noc1C. The van der Waals surface area contributed by atoms with Crippen LogP contribution in [0.4, 0.5) is 5.69 Å². The maximum absolute atomic E-state index is 12.3. The van der Waals surface area contributed by atoms with Crippen LogP contribution in [-0.4, -0.2) is 24.1 Å². The lowest BCUT2D eigenvalue weighted by Gasteiger charge is -2.11. The second kappa shape index (κ2) is 5.78. The molecule has 0 spiro atoms. The van der Waals surface area contributed by atoms with Crippen molar-refractivity contribution in [1.29, 1.82) is 0 Å². The minimum Gasteiger partial charge on any atom is -0.465 e. The summed E-state index contributed by atoms with van der Waals surface area (Å²) < 4.78 is 9.73. The molecule has 110 valence electrons. The van der Waals surface area contributed by atoms with E-state index in [-0.39, 0.29) is 5.91 Å². The smallest absolute Gasteiger partial charge is 0.340 e. The minimum atomic E-state index is -0.498. The summed E-state index contributed by atoms with van der Waals surface area (Å²) in [5.41, 5.74) is 2.31. The van der Waals surface area contributed by atoms with Gasteiger partial charge >= 0.3 is 5.97 Å². The number of amides is 1. The van der Waals surface area contributed by atoms with E-state index in [9.17, 15) is 9.59 Å². The van der Waals surface area contributed by atoms with Crippen LogP contribution in [0.25, 0.3) is 0 Å². The molecule has 1 amide bonds. The Labute approximate surface area is 122 Å². The van der Waals surface area contributed by atoms with E-state index in [2.05, 4.69) is 10.5 Å². The van der Waals surface area contributed by atoms with Crippen LogP contribution in [0.1, 0.15) is 37.7 Å². The standard InChI is InChI=1S/C15H16N2O4/c1-8-6-5-7-11(12(8)15(19)20-4)16-14(18)13-9(2)17-21-10(13)3/h5-7H,1-4H3,(H,16,18). The third-order valence-corrected chi connectivity index (χ3v) is 3.17. The zero-order valence-electron chi connectivity index (χ0n) is 12.3. The van der Waals surface area contributed by atoms with Gasteiger partial charge in [0, 0.05) is 0 Å². The quantitative estimate of drug-likeness (QED) is 0.878. The van der Waals surface area contributed by atoms with Gasteiger partial charge in [-0.25, -0.2) is 4.79 Å². The first kappa shape index (κ1) is 14.8. The van der Waals surface area contributed by atoms with Gasteiger partial charge in [-0.2, -0.15) is 0 Å². The molecule has 1 heterocycles. The number of carbonyl (C=O) groups is 2. The van der Waals surface area contributed by atoms with Crippen molar-refractivity contribution in [2.75, 3.05) is 12.4 Å². The van der Waals surface area contributed by atoms with E-state index < -0.39 is 5.97 Å². The highest BCUT2D eigenvalue weighted by Crippen LogP contribution is 2.22. The van der Waals surface area contributed by atoms with Crippen molar-refractivity contribution in [2.24, 2.45) is 0 Å². The van der Waals surface area contributed by atoms with Gasteiger partial charge in [0.25, 0.3) is 5.91 Å². The van der Waals surface area contributed by atoms with Gasteiger partial charge in [-0.1, -0.05) is 17.3 Å². The molecule has 21 heavy (non-hydrogen) atoms. The van der Waals surface area contributed by atoms with Crippen LogP contribution in [0.15, 0.2) is 22.7 Å². The average Bonchev–Trinajstić information content (AvgIpc) is 2.77. The Morgan fingerprint density at radius 1 is 1.19 bits per heavy atom. The third-order valence-electron chi connectivity index (χ3n) is 3.17. The number of esters is 1. The van der Waals surface area contributed by atoms with Gasteiger partial charge in [0.05, 0.1) is 24.1 Å². The lowest BCUT2D eigenvalue weighted by molar-refractivity contribution is 0.0601. The van der Waals surface area contributed by atoms with E-state index >= 15 is 0 Å². The predicted molar refractivity (Wildman–Crippen MR) is 76.4 cm³/mol. The zero-order chi connectivity index (χ0) is 15.6. The summed E-state index contributed by atoms with van der Waals surface area (Å²) in [7, 11) is 1.30. The summed E-state index contributed by atoms with van der Waals surface area (Å²) in [6.45, 7) is 5.12. The molecule has 0 atom stereocenters. The Morgan fingerprint density at radius 3 is 2.48 bits per heavy atom. The number of rotatable bonds is 3. The molecule has 1 N–H and O–H groups in total. The van der Waals surface area contributed by atoms with Crippen molar-refractivity contribution in [1.82, 2.24) is 5.16 Å². The first-order valence-corrected chi connectivity index (χ1v) is 6.37. The fraction of sp³-hybridized carbons (Fsp3) is 0.267. The van der Waals surface area contributed by atoms with Gasteiger partial charge in [0.15, 0.2) is 0 Å². The van der Waals surface area contributed by atoms with Crippen molar-refractivity contribution in [2.45, 2.75) is 20.8 Å². The monoisotopic (exact) mass is 288 g/mol. The fourth-order valence-corrected chi connectivity index (χ4v) is 2.14. The topological polar surface area (TPSA) is 81.4 Å². The Hall–Kier alpha value is -2.63. The largest absolute Gasteiger partial charge is 0.465 e. The molecule has 6 nitrogen and oxygen atoms in total. The number of hydrogen-bond acceptors (Lipinski definition) is 5. The molecule has 0 saturated heterocycles. The van der Waals surface area contributed by atoms with Crippen molar-refractivity contribution < 1.29 is 18.8 Å². The molecule has 0 unspecified atom stereocenters. The molecule has 1 aromatic heterocycles. The highest BCUT2D eigenvalue weighted by Gasteiger charge is 2.21. The number of aromatic nitrogens is 1. The van der Waals surface area contributed by atoms with E-state index in [1.807, 2.05) is 0 Å². The Kier molecular flexibility index (Phi) is 4.07. The predicted octanol–water partition coefficient (Wildman–Crippen LogP) is 2.64. The van der Waals surface area contributed by atoms with Gasteiger partial charge in [-0.05, 0) is 32.4 Å². The number of nitrogens with zero attached hydrogens (tertiary/aromatic N) is 1. The lowest BCUT2D eigenvalue weighted by atomic mass is 10.1. The first-order chi connectivity index (χ1) is 9.95. The van der Waals surface area contributed by atoms with Gasteiger partial charge < -0.3 is 14.6 Å². The van der Waals surface area contributed by atoms with Crippen LogP contribution in [0, 0.1) is 20.8 Å².